The van der Waals surface area contributed by atoms with Gasteiger partial charge in [-0.1, -0.05) is 6.92 Å². The van der Waals surface area contributed by atoms with Crippen molar-refractivity contribution in [3.63, 3.8) is 0 Å². The van der Waals surface area contributed by atoms with Gasteiger partial charge in [0.05, 0.1) is 4.92 Å². The number of rotatable bonds is 7. The van der Waals surface area contributed by atoms with Crippen LogP contribution in [0.4, 0.5) is 11.5 Å². The van der Waals surface area contributed by atoms with Gasteiger partial charge in [0.1, 0.15) is 5.69 Å². The van der Waals surface area contributed by atoms with Gasteiger partial charge in [-0.2, -0.15) is 16.9 Å². The summed E-state index contributed by atoms with van der Waals surface area (Å²) in [7, 11) is 0. The Labute approximate surface area is 117 Å². The molecule has 2 rings (SSSR count). The van der Waals surface area contributed by atoms with Crippen LogP contribution in [0.5, 0.6) is 0 Å². The number of aryl methyl sites for hydroxylation is 2. The normalized spacial score (nSPS) is 16.4. The molecule has 7 heteroatoms. The zero-order valence-electron chi connectivity index (χ0n) is 11.6. The van der Waals surface area contributed by atoms with E-state index in [9.17, 15) is 10.1 Å². The third-order valence-corrected chi connectivity index (χ3v) is 4.95. The number of nitro groups is 1. The Morgan fingerprint density at radius 1 is 1.58 bits per heavy atom. The SMILES string of the molecule is CCCn1nc(C)c([N+](=O)[O-])c1NCC1(SC)CC1. The predicted molar refractivity (Wildman–Crippen MR) is 77.9 cm³/mol. The van der Waals surface area contributed by atoms with E-state index in [-0.39, 0.29) is 15.4 Å². The second-order valence-electron chi connectivity index (χ2n) is 5.00. The fourth-order valence-electron chi connectivity index (χ4n) is 2.18. The molecule has 0 aliphatic heterocycles. The Morgan fingerprint density at radius 2 is 2.26 bits per heavy atom. The molecule has 0 saturated heterocycles. The highest BCUT2D eigenvalue weighted by molar-refractivity contribution is 8.00. The average molecular weight is 284 g/mol. The topological polar surface area (TPSA) is 73.0 Å². The van der Waals surface area contributed by atoms with Gasteiger partial charge in [-0.05, 0) is 32.4 Å². The van der Waals surface area contributed by atoms with E-state index in [2.05, 4.69) is 16.7 Å². The standard InChI is InChI=1S/C12H20N4O2S/c1-4-7-15-11(10(16(17)18)9(2)14-15)13-8-12(19-3)5-6-12/h13H,4-8H2,1-3H3. The number of aromatic nitrogens is 2. The van der Waals surface area contributed by atoms with Gasteiger partial charge in [0.2, 0.25) is 5.82 Å². The molecule has 0 radical (unpaired) electrons. The summed E-state index contributed by atoms with van der Waals surface area (Å²) in [4.78, 5) is 10.8. The van der Waals surface area contributed by atoms with Crippen molar-refractivity contribution in [1.29, 1.82) is 0 Å². The van der Waals surface area contributed by atoms with E-state index in [1.165, 1.54) is 12.8 Å². The minimum Gasteiger partial charge on any atom is -0.363 e. The van der Waals surface area contributed by atoms with Crippen LogP contribution < -0.4 is 5.32 Å². The smallest absolute Gasteiger partial charge is 0.333 e. The van der Waals surface area contributed by atoms with E-state index in [0.29, 0.717) is 18.1 Å². The molecule has 0 amide bonds. The number of hydrogen-bond donors (Lipinski definition) is 1. The van der Waals surface area contributed by atoms with E-state index in [4.69, 9.17) is 0 Å². The summed E-state index contributed by atoms with van der Waals surface area (Å²) in [5, 5.41) is 18.7. The molecule has 1 heterocycles. The molecule has 0 spiro atoms. The zero-order chi connectivity index (χ0) is 14.0. The lowest BCUT2D eigenvalue weighted by molar-refractivity contribution is -0.384. The number of hydrogen-bond acceptors (Lipinski definition) is 5. The van der Waals surface area contributed by atoms with Gasteiger partial charge in [-0.25, -0.2) is 4.68 Å². The first-order chi connectivity index (χ1) is 9.03. The lowest BCUT2D eigenvalue weighted by atomic mass is 10.3. The summed E-state index contributed by atoms with van der Waals surface area (Å²) in [6.45, 7) is 5.20. The maximum Gasteiger partial charge on any atom is 0.333 e. The highest BCUT2D eigenvalue weighted by atomic mass is 32.2. The van der Waals surface area contributed by atoms with Gasteiger partial charge in [0, 0.05) is 17.8 Å². The minimum absolute atomic E-state index is 0.116. The predicted octanol–water partition coefficient (Wildman–Crippen LogP) is 2.82. The third kappa shape index (κ3) is 2.86. The van der Waals surface area contributed by atoms with Crippen molar-refractivity contribution in [3.05, 3.63) is 15.8 Å². The van der Waals surface area contributed by atoms with Crippen LogP contribution in [0.15, 0.2) is 0 Å². The molecule has 1 aliphatic carbocycles. The van der Waals surface area contributed by atoms with Crippen LogP contribution in [0.2, 0.25) is 0 Å². The van der Waals surface area contributed by atoms with Crippen molar-refractivity contribution < 1.29 is 4.92 Å². The van der Waals surface area contributed by atoms with E-state index in [1.807, 2.05) is 18.7 Å². The summed E-state index contributed by atoms with van der Waals surface area (Å²) < 4.78 is 1.99. The number of nitrogens with zero attached hydrogens (tertiary/aromatic N) is 3. The molecule has 1 aromatic rings. The maximum atomic E-state index is 11.2. The average Bonchev–Trinajstić information content (AvgIpc) is 3.07. The zero-order valence-corrected chi connectivity index (χ0v) is 12.4. The number of thioether (sulfide) groups is 1. The molecule has 6 nitrogen and oxygen atoms in total. The van der Waals surface area contributed by atoms with E-state index in [0.717, 1.165) is 13.0 Å². The Morgan fingerprint density at radius 3 is 2.74 bits per heavy atom. The Bertz CT molecular complexity index is 482. The lowest BCUT2D eigenvalue weighted by Gasteiger charge is -2.14. The summed E-state index contributed by atoms with van der Waals surface area (Å²) in [6, 6.07) is 0. The largest absolute Gasteiger partial charge is 0.363 e. The maximum absolute atomic E-state index is 11.2. The molecule has 1 N–H and O–H groups in total. The van der Waals surface area contributed by atoms with Crippen molar-refractivity contribution in [2.45, 2.75) is 44.4 Å². The van der Waals surface area contributed by atoms with Crippen LogP contribution in [-0.4, -0.2) is 32.3 Å². The molecule has 19 heavy (non-hydrogen) atoms. The van der Waals surface area contributed by atoms with Crippen molar-refractivity contribution in [1.82, 2.24) is 9.78 Å². The number of nitrogens with one attached hydrogen (secondary N) is 1. The van der Waals surface area contributed by atoms with Crippen LogP contribution >= 0.6 is 11.8 Å². The molecule has 0 aromatic carbocycles. The second-order valence-corrected chi connectivity index (χ2v) is 6.28. The van der Waals surface area contributed by atoms with Gasteiger partial charge in [0.15, 0.2) is 0 Å². The van der Waals surface area contributed by atoms with E-state index >= 15 is 0 Å². The first kappa shape index (κ1) is 14.2. The third-order valence-electron chi connectivity index (χ3n) is 3.53. The van der Waals surface area contributed by atoms with Gasteiger partial charge in [-0.15, -0.1) is 0 Å². The number of anilines is 1. The van der Waals surface area contributed by atoms with Crippen LogP contribution in [0, 0.1) is 17.0 Å². The molecular weight excluding hydrogens is 264 g/mol. The molecule has 1 saturated carbocycles. The molecule has 1 fully saturated rings. The Balaban J connectivity index is 2.22. The van der Waals surface area contributed by atoms with Crippen LogP contribution in [0.3, 0.4) is 0 Å². The second kappa shape index (κ2) is 5.40. The molecule has 0 unspecified atom stereocenters. The molecule has 0 bridgehead atoms. The van der Waals surface area contributed by atoms with Crippen LogP contribution in [-0.2, 0) is 6.54 Å². The highest BCUT2D eigenvalue weighted by Crippen LogP contribution is 2.47. The first-order valence-electron chi connectivity index (χ1n) is 6.54. The van der Waals surface area contributed by atoms with Crippen LogP contribution in [0.1, 0.15) is 31.9 Å². The molecule has 1 aromatic heterocycles. The summed E-state index contributed by atoms with van der Waals surface area (Å²) in [5.74, 6) is 0.560. The fraction of sp³-hybridized carbons (Fsp3) is 0.750. The first-order valence-corrected chi connectivity index (χ1v) is 7.76. The fourth-order valence-corrected chi connectivity index (χ4v) is 2.90. The van der Waals surface area contributed by atoms with Crippen molar-refractivity contribution in [3.8, 4) is 0 Å². The molecule has 0 atom stereocenters. The van der Waals surface area contributed by atoms with Gasteiger partial charge in [-0.3, -0.25) is 10.1 Å². The van der Waals surface area contributed by atoms with Gasteiger partial charge in [0.25, 0.3) is 0 Å². The van der Waals surface area contributed by atoms with Gasteiger partial charge >= 0.3 is 5.69 Å². The van der Waals surface area contributed by atoms with E-state index < -0.39 is 0 Å². The Hall–Kier alpha value is -1.24. The molecule has 1 aliphatic rings. The highest BCUT2D eigenvalue weighted by Gasteiger charge is 2.42. The summed E-state index contributed by atoms with van der Waals surface area (Å²) in [5.41, 5.74) is 0.598. The Kier molecular flexibility index (Phi) is 4.03. The minimum atomic E-state index is -0.338. The molecule has 106 valence electrons. The van der Waals surface area contributed by atoms with Crippen LogP contribution in [0.25, 0.3) is 0 Å². The van der Waals surface area contributed by atoms with Crippen molar-refractivity contribution in [2.75, 3.05) is 18.1 Å². The van der Waals surface area contributed by atoms with Crippen molar-refractivity contribution in [2.24, 2.45) is 0 Å². The quantitative estimate of drug-likeness (QED) is 0.615. The van der Waals surface area contributed by atoms with E-state index in [1.54, 1.807) is 11.6 Å². The summed E-state index contributed by atoms with van der Waals surface area (Å²) in [6.07, 6.45) is 5.35. The van der Waals surface area contributed by atoms with Gasteiger partial charge < -0.3 is 5.32 Å². The van der Waals surface area contributed by atoms with Crippen molar-refractivity contribution >= 4 is 23.3 Å². The summed E-state index contributed by atoms with van der Waals surface area (Å²) >= 11 is 1.84. The monoisotopic (exact) mass is 284 g/mol. The lowest BCUT2D eigenvalue weighted by Crippen LogP contribution is -2.20. The molecular formula is C12H20N4O2S.